The number of H-pyrrole nitrogens is 3. The highest BCUT2D eigenvalue weighted by Crippen LogP contribution is 2.25. The zero-order chi connectivity index (χ0) is 22.2. The minimum absolute atomic E-state index is 0.0686. The molecule has 0 saturated heterocycles. The zero-order valence-corrected chi connectivity index (χ0v) is 17.0. The van der Waals surface area contributed by atoms with E-state index in [-0.39, 0.29) is 16.7 Å². The second-order valence-corrected chi connectivity index (χ2v) is 7.45. The van der Waals surface area contributed by atoms with Gasteiger partial charge in [0, 0.05) is 0 Å². The fraction of sp³-hybridized carbons (Fsp3) is 0.0870. The molecule has 158 valence electrons. The molecule has 1 unspecified atom stereocenters. The maximum Gasteiger partial charge on any atom is 0.327 e. The Balaban J connectivity index is 1.57. The first-order valence-electron chi connectivity index (χ1n) is 9.92. The number of aromatic nitrogens is 5. The van der Waals surface area contributed by atoms with E-state index in [0.717, 1.165) is 22.2 Å². The van der Waals surface area contributed by atoms with Crippen LogP contribution in [0.15, 0.2) is 70.5 Å². The van der Waals surface area contributed by atoms with Gasteiger partial charge in [-0.15, -0.1) is 0 Å². The molecule has 0 fully saturated rings. The molecule has 0 spiro atoms. The largest absolute Gasteiger partial charge is 0.345 e. The van der Waals surface area contributed by atoms with E-state index in [9.17, 15) is 14.4 Å². The molecule has 2 aromatic carbocycles. The lowest BCUT2D eigenvalue weighted by atomic mass is 9.98. The third-order valence-corrected chi connectivity index (χ3v) is 5.32. The van der Waals surface area contributed by atoms with E-state index in [1.54, 1.807) is 13.3 Å². The van der Waals surface area contributed by atoms with Gasteiger partial charge in [-0.3, -0.25) is 19.6 Å². The summed E-state index contributed by atoms with van der Waals surface area (Å²) in [5, 5.41) is 3.27. The third kappa shape index (κ3) is 3.45. The van der Waals surface area contributed by atoms with Gasteiger partial charge in [0.1, 0.15) is 11.3 Å². The summed E-state index contributed by atoms with van der Waals surface area (Å²) < 4.78 is 0. The van der Waals surface area contributed by atoms with Crippen molar-refractivity contribution in [2.75, 3.05) is 0 Å². The van der Waals surface area contributed by atoms with Crippen LogP contribution in [0.1, 0.15) is 33.2 Å². The Morgan fingerprint density at radius 2 is 1.81 bits per heavy atom. The number of carbonyl (C=O) groups excluding carboxylic acids is 1. The molecule has 0 aliphatic carbocycles. The van der Waals surface area contributed by atoms with Gasteiger partial charge in [0.15, 0.2) is 0 Å². The Hall–Kier alpha value is -4.53. The molecule has 1 amide bonds. The van der Waals surface area contributed by atoms with Gasteiger partial charge in [0.25, 0.3) is 11.5 Å². The molecule has 9 heteroatoms. The maximum absolute atomic E-state index is 13.2. The Morgan fingerprint density at radius 1 is 1.00 bits per heavy atom. The van der Waals surface area contributed by atoms with Gasteiger partial charge in [-0.1, -0.05) is 36.4 Å². The highest BCUT2D eigenvalue weighted by molar-refractivity contribution is 5.95. The number of amides is 1. The first-order chi connectivity index (χ1) is 15.5. The Labute approximate surface area is 180 Å². The fourth-order valence-corrected chi connectivity index (χ4v) is 3.81. The van der Waals surface area contributed by atoms with Gasteiger partial charge in [0.05, 0.1) is 28.8 Å². The van der Waals surface area contributed by atoms with Crippen molar-refractivity contribution in [2.24, 2.45) is 0 Å². The van der Waals surface area contributed by atoms with Crippen LogP contribution in [0.25, 0.3) is 22.1 Å². The van der Waals surface area contributed by atoms with Crippen LogP contribution in [0.4, 0.5) is 0 Å². The van der Waals surface area contributed by atoms with Crippen LogP contribution in [0.2, 0.25) is 0 Å². The van der Waals surface area contributed by atoms with Gasteiger partial charge in [0.2, 0.25) is 0 Å². The van der Waals surface area contributed by atoms with E-state index in [4.69, 9.17) is 0 Å². The standard InChI is InChI=1S/C23H18N6O3/c1-12-9-17(26-20-18(12)22(31)29-23(32)28-20)21(30)27-19(13-5-3-2-4-6-13)14-7-8-15-16(10-14)25-11-24-15/h2-11,19H,1H3,(H,24,25)(H,27,30)(H2,26,28,29,31,32). The fourth-order valence-electron chi connectivity index (χ4n) is 3.81. The first kappa shape index (κ1) is 19.4. The lowest BCUT2D eigenvalue weighted by Gasteiger charge is -2.20. The molecule has 1 atom stereocenters. The van der Waals surface area contributed by atoms with Crippen LogP contribution in [0.3, 0.4) is 0 Å². The Bertz CT molecular complexity index is 1580. The van der Waals surface area contributed by atoms with Crippen LogP contribution >= 0.6 is 0 Å². The monoisotopic (exact) mass is 426 g/mol. The van der Waals surface area contributed by atoms with Crippen LogP contribution in [-0.2, 0) is 0 Å². The molecule has 0 bridgehead atoms. The summed E-state index contributed by atoms with van der Waals surface area (Å²) in [5.74, 6) is -0.435. The number of imidazole rings is 1. The summed E-state index contributed by atoms with van der Waals surface area (Å²) in [6.07, 6.45) is 1.62. The van der Waals surface area contributed by atoms with Crippen molar-refractivity contribution in [3.05, 3.63) is 104 Å². The summed E-state index contributed by atoms with van der Waals surface area (Å²) in [6.45, 7) is 1.69. The van der Waals surface area contributed by atoms with Crippen molar-refractivity contribution in [2.45, 2.75) is 13.0 Å². The van der Waals surface area contributed by atoms with E-state index >= 15 is 0 Å². The number of aromatic amines is 3. The molecule has 5 aromatic rings. The molecular formula is C23H18N6O3. The maximum atomic E-state index is 13.2. The quantitative estimate of drug-likeness (QED) is 0.350. The minimum Gasteiger partial charge on any atom is -0.345 e. The normalized spacial score (nSPS) is 12.2. The number of aryl methyl sites for hydroxylation is 1. The van der Waals surface area contributed by atoms with Gasteiger partial charge >= 0.3 is 5.69 Å². The average Bonchev–Trinajstić information content (AvgIpc) is 3.25. The number of hydrogen-bond donors (Lipinski definition) is 4. The molecular weight excluding hydrogens is 408 g/mol. The Morgan fingerprint density at radius 3 is 2.62 bits per heavy atom. The Kier molecular flexibility index (Phi) is 4.63. The minimum atomic E-state index is -0.679. The number of pyridine rings is 1. The number of nitrogens with one attached hydrogen (secondary N) is 4. The van der Waals surface area contributed by atoms with E-state index in [1.165, 1.54) is 6.07 Å². The second-order valence-electron chi connectivity index (χ2n) is 7.45. The van der Waals surface area contributed by atoms with Gasteiger partial charge < -0.3 is 10.3 Å². The van der Waals surface area contributed by atoms with Gasteiger partial charge in [-0.25, -0.2) is 14.8 Å². The number of rotatable bonds is 4. The predicted molar refractivity (Wildman–Crippen MR) is 120 cm³/mol. The number of benzene rings is 2. The van der Waals surface area contributed by atoms with Crippen LogP contribution in [-0.4, -0.2) is 30.8 Å². The van der Waals surface area contributed by atoms with E-state index < -0.39 is 23.2 Å². The first-order valence-corrected chi connectivity index (χ1v) is 9.92. The lowest BCUT2D eigenvalue weighted by Crippen LogP contribution is -2.31. The second kappa shape index (κ2) is 7.62. The van der Waals surface area contributed by atoms with E-state index in [1.807, 2.05) is 48.5 Å². The molecule has 0 aliphatic rings. The van der Waals surface area contributed by atoms with Crippen molar-refractivity contribution in [3.8, 4) is 0 Å². The lowest BCUT2D eigenvalue weighted by molar-refractivity contribution is 0.0938. The molecule has 9 nitrogen and oxygen atoms in total. The average molecular weight is 426 g/mol. The highest BCUT2D eigenvalue weighted by Gasteiger charge is 2.20. The number of carbonyl (C=O) groups is 1. The van der Waals surface area contributed by atoms with Crippen molar-refractivity contribution >= 4 is 28.0 Å². The topological polar surface area (TPSA) is 136 Å². The summed E-state index contributed by atoms with van der Waals surface area (Å²) in [7, 11) is 0. The van der Waals surface area contributed by atoms with Crippen molar-refractivity contribution < 1.29 is 4.79 Å². The van der Waals surface area contributed by atoms with Gasteiger partial charge in [-0.2, -0.15) is 0 Å². The molecule has 3 aromatic heterocycles. The number of hydrogen-bond acceptors (Lipinski definition) is 5. The van der Waals surface area contributed by atoms with Crippen molar-refractivity contribution in [3.63, 3.8) is 0 Å². The van der Waals surface area contributed by atoms with E-state index in [0.29, 0.717) is 5.56 Å². The number of nitrogens with zero attached hydrogens (tertiary/aromatic N) is 2. The smallest absolute Gasteiger partial charge is 0.327 e. The summed E-state index contributed by atoms with van der Waals surface area (Å²) in [5.41, 5.74) is 2.91. The number of fused-ring (bicyclic) bond motifs is 2. The molecule has 0 aliphatic heterocycles. The molecule has 0 saturated carbocycles. The van der Waals surface area contributed by atoms with Crippen molar-refractivity contribution in [1.82, 2.24) is 30.2 Å². The SMILES string of the molecule is Cc1cc(C(=O)NC(c2ccccc2)c2ccc3nc[nH]c3c2)nc2[nH]c(=O)[nH]c(=O)c12. The molecule has 4 N–H and O–H groups in total. The molecule has 5 rings (SSSR count). The summed E-state index contributed by atoms with van der Waals surface area (Å²) in [4.78, 5) is 53.2. The van der Waals surface area contributed by atoms with Crippen LogP contribution < -0.4 is 16.6 Å². The zero-order valence-electron chi connectivity index (χ0n) is 17.0. The third-order valence-electron chi connectivity index (χ3n) is 5.32. The highest BCUT2D eigenvalue weighted by atomic mass is 16.2. The van der Waals surface area contributed by atoms with Gasteiger partial charge in [-0.05, 0) is 41.8 Å². The van der Waals surface area contributed by atoms with Crippen molar-refractivity contribution in [1.29, 1.82) is 0 Å². The molecule has 0 radical (unpaired) electrons. The summed E-state index contributed by atoms with van der Waals surface area (Å²) >= 11 is 0. The van der Waals surface area contributed by atoms with Crippen LogP contribution in [0, 0.1) is 6.92 Å². The van der Waals surface area contributed by atoms with E-state index in [2.05, 4.69) is 30.2 Å². The summed E-state index contributed by atoms with van der Waals surface area (Å²) in [6, 6.07) is 16.4. The predicted octanol–water partition coefficient (Wildman–Crippen LogP) is 2.32. The van der Waals surface area contributed by atoms with Crippen LogP contribution in [0.5, 0.6) is 0 Å². The molecule has 3 heterocycles. The molecule has 32 heavy (non-hydrogen) atoms.